The van der Waals surface area contributed by atoms with Crippen molar-refractivity contribution in [2.24, 2.45) is 0 Å². The van der Waals surface area contributed by atoms with E-state index in [9.17, 15) is 0 Å². The van der Waals surface area contributed by atoms with Crippen LogP contribution >= 0.6 is 0 Å². The van der Waals surface area contributed by atoms with Crippen molar-refractivity contribution in [3.63, 3.8) is 0 Å². The van der Waals surface area contributed by atoms with Crippen LogP contribution in [0.25, 0.3) is 0 Å². The minimum Gasteiger partial charge on any atom is -0.493 e. The Kier molecular flexibility index (Phi) is 3.79. The number of aryl methyl sites for hydroxylation is 1. The number of nitrogens with zero attached hydrogens (tertiary/aromatic N) is 3. The highest BCUT2D eigenvalue weighted by Crippen LogP contribution is 2.44. The molecule has 1 aromatic carbocycles. The summed E-state index contributed by atoms with van der Waals surface area (Å²) < 4.78 is 18.3. The van der Waals surface area contributed by atoms with Crippen molar-refractivity contribution in [2.45, 2.75) is 25.3 Å². The van der Waals surface area contributed by atoms with Gasteiger partial charge in [0.2, 0.25) is 11.7 Å². The van der Waals surface area contributed by atoms with E-state index in [2.05, 4.69) is 10.1 Å². The van der Waals surface area contributed by atoms with Gasteiger partial charge in [-0.25, -0.2) is 4.68 Å². The van der Waals surface area contributed by atoms with E-state index >= 15 is 0 Å². The zero-order valence-corrected chi connectivity index (χ0v) is 13.0. The summed E-state index contributed by atoms with van der Waals surface area (Å²) in [6, 6.07) is 3.90. The van der Waals surface area contributed by atoms with Crippen molar-refractivity contribution in [3.05, 3.63) is 23.5 Å². The van der Waals surface area contributed by atoms with Crippen LogP contribution in [0, 0.1) is 0 Å². The third-order valence-corrected chi connectivity index (χ3v) is 3.99. The van der Waals surface area contributed by atoms with E-state index in [0.717, 1.165) is 30.7 Å². The molecule has 0 bridgehead atoms. The van der Waals surface area contributed by atoms with Crippen LogP contribution in [-0.2, 0) is 6.42 Å². The minimum absolute atomic E-state index is 0.0308. The van der Waals surface area contributed by atoms with Gasteiger partial charge >= 0.3 is 0 Å². The summed E-state index contributed by atoms with van der Waals surface area (Å²) in [7, 11) is 4.83. The Bertz CT molecular complexity index is 684. The van der Waals surface area contributed by atoms with Crippen molar-refractivity contribution in [1.82, 2.24) is 14.8 Å². The molecule has 1 aliphatic heterocycles. The summed E-state index contributed by atoms with van der Waals surface area (Å²) in [5, 5.41) is 4.34. The number of anilines is 1. The van der Waals surface area contributed by atoms with Crippen molar-refractivity contribution in [3.8, 4) is 17.2 Å². The average molecular weight is 304 g/mol. The molecular weight excluding hydrogens is 284 g/mol. The lowest BCUT2D eigenvalue weighted by molar-refractivity contribution is 0.314. The van der Waals surface area contributed by atoms with Crippen LogP contribution in [0.2, 0.25) is 0 Å². The predicted molar refractivity (Wildman–Crippen MR) is 81.6 cm³/mol. The smallest absolute Gasteiger partial charge is 0.239 e. The van der Waals surface area contributed by atoms with E-state index < -0.39 is 0 Å². The van der Waals surface area contributed by atoms with Crippen molar-refractivity contribution in [1.29, 1.82) is 0 Å². The Morgan fingerprint density at radius 2 is 1.91 bits per heavy atom. The number of aromatic nitrogens is 3. The average Bonchev–Trinajstić information content (AvgIpc) is 2.93. The van der Waals surface area contributed by atoms with Gasteiger partial charge in [-0.05, 0) is 25.0 Å². The van der Waals surface area contributed by atoms with Gasteiger partial charge in [0, 0.05) is 12.0 Å². The fourth-order valence-corrected chi connectivity index (χ4v) is 3.04. The van der Waals surface area contributed by atoms with Gasteiger partial charge in [-0.3, -0.25) is 0 Å². The summed E-state index contributed by atoms with van der Waals surface area (Å²) in [4.78, 5) is 4.29. The first-order valence-corrected chi connectivity index (χ1v) is 7.19. The van der Waals surface area contributed by atoms with Crippen LogP contribution in [0.5, 0.6) is 17.2 Å². The third kappa shape index (κ3) is 2.22. The fourth-order valence-electron chi connectivity index (χ4n) is 3.04. The molecule has 2 N–H and O–H groups in total. The number of nitrogen functional groups attached to an aromatic ring is 1. The normalized spacial score (nSPS) is 17.0. The molecule has 22 heavy (non-hydrogen) atoms. The second-order valence-corrected chi connectivity index (χ2v) is 5.16. The zero-order chi connectivity index (χ0) is 15.7. The Morgan fingerprint density at radius 1 is 1.14 bits per heavy atom. The van der Waals surface area contributed by atoms with Gasteiger partial charge in [-0.2, -0.15) is 4.98 Å². The molecule has 0 saturated carbocycles. The summed E-state index contributed by atoms with van der Waals surface area (Å²) >= 11 is 0. The van der Waals surface area contributed by atoms with Gasteiger partial charge < -0.3 is 19.9 Å². The van der Waals surface area contributed by atoms with Crippen molar-refractivity contribution in [2.75, 3.05) is 27.1 Å². The van der Waals surface area contributed by atoms with Gasteiger partial charge in [0.1, 0.15) is 5.82 Å². The maximum absolute atomic E-state index is 5.75. The monoisotopic (exact) mass is 304 g/mol. The number of rotatable bonds is 4. The number of ether oxygens (including phenoxy) is 3. The molecule has 7 heteroatoms. The van der Waals surface area contributed by atoms with Crippen LogP contribution in [-0.4, -0.2) is 36.1 Å². The maximum atomic E-state index is 5.75. The molecule has 7 nitrogen and oxygen atoms in total. The Balaban J connectivity index is 2.13. The van der Waals surface area contributed by atoms with Crippen LogP contribution in [0.4, 0.5) is 5.95 Å². The highest BCUT2D eigenvalue weighted by molar-refractivity contribution is 5.57. The van der Waals surface area contributed by atoms with Gasteiger partial charge in [0.15, 0.2) is 11.5 Å². The molecule has 2 aromatic rings. The number of hydrogen-bond donors (Lipinski definition) is 1. The first-order valence-electron chi connectivity index (χ1n) is 7.19. The summed E-state index contributed by atoms with van der Waals surface area (Å²) in [5.41, 5.74) is 6.74. The number of fused-ring (bicyclic) bond motifs is 1. The van der Waals surface area contributed by atoms with Crippen LogP contribution in [0.1, 0.15) is 30.3 Å². The largest absolute Gasteiger partial charge is 0.493 e. The van der Waals surface area contributed by atoms with Crippen LogP contribution < -0.4 is 19.9 Å². The molecule has 0 radical (unpaired) electrons. The molecule has 0 amide bonds. The SMILES string of the molecule is COc1ccc(C2CCCc3nc(N)nn32)c(OC)c1OC. The lowest BCUT2D eigenvalue weighted by atomic mass is 9.96. The third-order valence-electron chi connectivity index (χ3n) is 3.99. The summed E-state index contributed by atoms with van der Waals surface area (Å²) in [6.07, 6.45) is 2.86. The lowest BCUT2D eigenvalue weighted by Gasteiger charge is -2.26. The van der Waals surface area contributed by atoms with Crippen molar-refractivity contribution < 1.29 is 14.2 Å². The molecule has 1 unspecified atom stereocenters. The van der Waals surface area contributed by atoms with E-state index in [0.29, 0.717) is 23.2 Å². The Hall–Kier alpha value is -2.44. The molecule has 0 fully saturated rings. The zero-order valence-electron chi connectivity index (χ0n) is 13.0. The molecule has 118 valence electrons. The summed E-state index contributed by atoms with van der Waals surface area (Å²) in [6.45, 7) is 0. The van der Waals surface area contributed by atoms with E-state index in [4.69, 9.17) is 19.9 Å². The quantitative estimate of drug-likeness (QED) is 0.927. The second kappa shape index (κ2) is 5.75. The molecular formula is C15H20N4O3. The second-order valence-electron chi connectivity index (χ2n) is 5.16. The van der Waals surface area contributed by atoms with Gasteiger partial charge in [0.05, 0.1) is 27.4 Å². The molecule has 1 atom stereocenters. The number of benzene rings is 1. The lowest BCUT2D eigenvalue weighted by Crippen LogP contribution is -2.21. The molecule has 3 rings (SSSR count). The standard InChI is InChI=1S/C15H20N4O3/c1-20-11-8-7-9(13(21-2)14(11)22-3)10-5-4-6-12-17-15(16)18-19(10)12/h7-8,10H,4-6H2,1-3H3,(H2,16,18). The maximum Gasteiger partial charge on any atom is 0.239 e. The molecule has 0 spiro atoms. The van der Waals surface area contributed by atoms with Crippen LogP contribution in [0.3, 0.4) is 0 Å². The predicted octanol–water partition coefficient (Wildman–Crippen LogP) is 1.81. The topological polar surface area (TPSA) is 84.4 Å². The van der Waals surface area contributed by atoms with Crippen LogP contribution in [0.15, 0.2) is 12.1 Å². The van der Waals surface area contributed by atoms with Gasteiger partial charge in [-0.15, -0.1) is 5.10 Å². The number of hydrogen-bond acceptors (Lipinski definition) is 6. The minimum atomic E-state index is 0.0308. The van der Waals surface area contributed by atoms with Gasteiger partial charge in [-0.1, -0.05) is 0 Å². The van der Waals surface area contributed by atoms with E-state index in [1.807, 2.05) is 16.8 Å². The van der Waals surface area contributed by atoms with E-state index in [1.165, 1.54) is 0 Å². The highest BCUT2D eigenvalue weighted by Gasteiger charge is 2.29. The fraction of sp³-hybridized carbons (Fsp3) is 0.467. The highest BCUT2D eigenvalue weighted by atomic mass is 16.5. The molecule has 0 saturated heterocycles. The number of methoxy groups -OCH3 is 3. The van der Waals surface area contributed by atoms with E-state index in [-0.39, 0.29) is 6.04 Å². The first-order chi connectivity index (χ1) is 10.7. The molecule has 1 aliphatic rings. The Labute approximate surface area is 129 Å². The molecule has 0 aliphatic carbocycles. The van der Waals surface area contributed by atoms with Gasteiger partial charge in [0.25, 0.3) is 0 Å². The molecule has 2 heterocycles. The molecule has 1 aromatic heterocycles. The van der Waals surface area contributed by atoms with E-state index in [1.54, 1.807) is 21.3 Å². The first kappa shape index (κ1) is 14.5. The Morgan fingerprint density at radius 3 is 2.59 bits per heavy atom. The van der Waals surface area contributed by atoms with Crippen molar-refractivity contribution >= 4 is 5.95 Å². The summed E-state index contributed by atoms with van der Waals surface area (Å²) in [5.74, 6) is 3.10. The number of nitrogens with two attached hydrogens (primary N) is 1.